The van der Waals surface area contributed by atoms with Crippen LogP contribution in [-0.4, -0.2) is 24.1 Å². The Labute approximate surface area is 199 Å². The van der Waals surface area contributed by atoms with Gasteiger partial charge in [-0.25, -0.2) is 4.79 Å². The molecule has 0 radical (unpaired) electrons. The summed E-state index contributed by atoms with van der Waals surface area (Å²) in [6.07, 6.45) is 1.91. The molecule has 172 valence electrons. The average Bonchev–Trinajstić information content (AvgIpc) is 3.13. The summed E-state index contributed by atoms with van der Waals surface area (Å²) in [7, 11) is 0. The first kappa shape index (κ1) is 23.1. The maximum Gasteiger partial charge on any atom is 0.344 e. The molecule has 0 aliphatic carbocycles. The Kier molecular flexibility index (Phi) is 6.64. The molecule has 0 bridgehead atoms. The zero-order valence-corrected chi connectivity index (χ0v) is 19.5. The van der Waals surface area contributed by atoms with E-state index in [1.165, 1.54) is 0 Å². The highest BCUT2D eigenvalue weighted by Crippen LogP contribution is 2.37. The standard InChI is InChI=1S/C29H27NO4/c1-29(2,3)34-25(31)19-33-23-16-10-11-20(17-23)18-24-26(21-12-6-4-7-13-21)27(28(32)30-24)22-14-8-5-9-15-22/h4-18H,19H2,1-3H3,(H,30,32)/b24-18-. The molecule has 0 spiro atoms. The van der Waals surface area contributed by atoms with Crippen molar-refractivity contribution in [2.45, 2.75) is 26.4 Å². The van der Waals surface area contributed by atoms with Gasteiger partial charge in [0, 0.05) is 5.57 Å². The molecule has 0 saturated carbocycles. The van der Waals surface area contributed by atoms with Crippen molar-refractivity contribution in [3.05, 3.63) is 107 Å². The molecular weight excluding hydrogens is 426 g/mol. The number of benzene rings is 3. The van der Waals surface area contributed by atoms with Gasteiger partial charge >= 0.3 is 5.97 Å². The largest absolute Gasteiger partial charge is 0.482 e. The van der Waals surface area contributed by atoms with E-state index in [4.69, 9.17) is 9.47 Å². The van der Waals surface area contributed by atoms with E-state index in [-0.39, 0.29) is 12.5 Å². The second kappa shape index (κ2) is 9.79. The molecule has 1 heterocycles. The Morgan fingerprint density at radius 1 is 0.853 bits per heavy atom. The summed E-state index contributed by atoms with van der Waals surface area (Å²) in [6.45, 7) is 5.26. The fourth-order valence-electron chi connectivity index (χ4n) is 3.76. The molecule has 5 heteroatoms. The first-order chi connectivity index (χ1) is 16.3. The van der Waals surface area contributed by atoms with Gasteiger partial charge in [-0.3, -0.25) is 4.79 Å². The van der Waals surface area contributed by atoms with E-state index in [1.54, 1.807) is 6.07 Å². The SMILES string of the molecule is CC(C)(C)OC(=O)COc1cccc(/C=C2\NC(=O)C(c3ccccc3)=C2c2ccccc2)c1. The number of carbonyl (C=O) groups is 2. The van der Waals surface area contributed by atoms with Crippen molar-refractivity contribution in [2.24, 2.45) is 0 Å². The van der Waals surface area contributed by atoms with Crippen LogP contribution < -0.4 is 10.1 Å². The fourth-order valence-corrected chi connectivity index (χ4v) is 3.76. The number of hydrogen-bond donors (Lipinski definition) is 1. The van der Waals surface area contributed by atoms with Crippen LogP contribution in [0.3, 0.4) is 0 Å². The Balaban J connectivity index is 1.66. The third kappa shape index (κ3) is 5.62. The van der Waals surface area contributed by atoms with Gasteiger partial charge in [0.2, 0.25) is 0 Å². The maximum absolute atomic E-state index is 13.0. The Bertz CT molecular complexity index is 1250. The minimum absolute atomic E-state index is 0.145. The van der Waals surface area contributed by atoms with Gasteiger partial charge in [0.05, 0.1) is 11.3 Å². The molecule has 1 aliphatic rings. The lowest BCUT2D eigenvalue weighted by atomic mass is 9.94. The molecule has 0 atom stereocenters. The van der Waals surface area contributed by atoms with Crippen molar-refractivity contribution in [2.75, 3.05) is 6.61 Å². The van der Waals surface area contributed by atoms with E-state index in [2.05, 4.69) is 5.32 Å². The van der Waals surface area contributed by atoms with Crippen LogP contribution in [-0.2, 0) is 14.3 Å². The van der Waals surface area contributed by atoms with Crippen LogP contribution in [0.15, 0.2) is 90.6 Å². The third-order valence-electron chi connectivity index (χ3n) is 5.07. The number of rotatable bonds is 6. The molecule has 1 aliphatic heterocycles. The van der Waals surface area contributed by atoms with Crippen LogP contribution in [0.1, 0.15) is 37.5 Å². The number of hydrogen-bond acceptors (Lipinski definition) is 4. The quantitative estimate of drug-likeness (QED) is 0.502. The van der Waals surface area contributed by atoms with Gasteiger partial charge in [-0.2, -0.15) is 0 Å². The van der Waals surface area contributed by atoms with Crippen molar-refractivity contribution in [3.63, 3.8) is 0 Å². The predicted octanol–water partition coefficient (Wildman–Crippen LogP) is 5.49. The maximum atomic E-state index is 13.0. The minimum Gasteiger partial charge on any atom is -0.482 e. The summed E-state index contributed by atoms with van der Waals surface area (Å²) in [6, 6.07) is 26.9. The van der Waals surface area contributed by atoms with E-state index in [1.807, 2.05) is 106 Å². The molecule has 0 unspecified atom stereocenters. The summed E-state index contributed by atoms with van der Waals surface area (Å²) in [4.78, 5) is 25.0. The Hall–Kier alpha value is -4.12. The zero-order valence-electron chi connectivity index (χ0n) is 19.5. The van der Waals surface area contributed by atoms with Crippen LogP contribution >= 0.6 is 0 Å². The van der Waals surface area contributed by atoms with E-state index < -0.39 is 11.6 Å². The lowest BCUT2D eigenvalue weighted by Gasteiger charge is -2.19. The Morgan fingerprint density at radius 3 is 2.09 bits per heavy atom. The number of allylic oxidation sites excluding steroid dienone is 1. The van der Waals surface area contributed by atoms with Crippen molar-refractivity contribution in [1.82, 2.24) is 5.32 Å². The molecule has 4 rings (SSSR count). The second-order valence-electron chi connectivity index (χ2n) is 8.94. The molecule has 34 heavy (non-hydrogen) atoms. The smallest absolute Gasteiger partial charge is 0.344 e. The zero-order chi connectivity index (χ0) is 24.1. The van der Waals surface area contributed by atoms with Crippen molar-refractivity contribution < 1.29 is 19.1 Å². The number of carbonyl (C=O) groups excluding carboxylic acids is 2. The topological polar surface area (TPSA) is 64.6 Å². The fraction of sp³-hybridized carbons (Fsp3) is 0.172. The first-order valence-corrected chi connectivity index (χ1v) is 11.1. The molecule has 3 aromatic carbocycles. The van der Waals surface area contributed by atoms with Crippen LogP contribution in [0.2, 0.25) is 0 Å². The van der Waals surface area contributed by atoms with E-state index in [9.17, 15) is 9.59 Å². The van der Waals surface area contributed by atoms with Crippen LogP contribution in [0.25, 0.3) is 17.2 Å². The van der Waals surface area contributed by atoms with Gasteiger partial charge in [0.25, 0.3) is 5.91 Å². The van der Waals surface area contributed by atoms with Gasteiger partial charge < -0.3 is 14.8 Å². The number of ether oxygens (including phenoxy) is 2. The van der Waals surface area contributed by atoms with Gasteiger partial charge in [-0.1, -0.05) is 72.8 Å². The van der Waals surface area contributed by atoms with Crippen LogP contribution in [0, 0.1) is 0 Å². The molecule has 0 fully saturated rings. The molecule has 1 amide bonds. The van der Waals surface area contributed by atoms with Gasteiger partial charge in [0.1, 0.15) is 11.4 Å². The molecule has 3 aromatic rings. The second-order valence-corrected chi connectivity index (χ2v) is 8.94. The summed E-state index contributed by atoms with van der Waals surface area (Å²) in [5, 5.41) is 3.03. The van der Waals surface area contributed by atoms with Gasteiger partial charge in [0.15, 0.2) is 6.61 Å². The predicted molar refractivity (Wildman–Crippen MR) is 134 cm³/mol. The van der Waals surface area contributed by atoms with Crippen molar-refractivity contribution in [1.29, 1.82) is 0 Å². The summed E-state index contributed by atoms with van der Waals surface area (Å²) >= 11 is 0. The lowest BCUT2D eigenvalue weighted by molar-refractivity contribution is -0.157. The summed E-state index contributed by atoms with van der Waals surface area (Å²) in [5.41, 5.74) is 4.26. The van der Waals surface area contributed by atoms with E-state index in [0.717, 1.165) is 22.3 Å². The monoisotopic (exact) mass is 453 g/mol. The first-order valence-electron chi connectivity index (χ1n) is 11.1. The van der Waals surface area contributed by atoms with E-state index >= 15 is 0 Å². The number of nitrogens with one attached hydrogen (secondary N) is 1. The molecule has 0 saturated heterocycles. The highest BCUT2D eigenvalue weighted by Gasteiger charge is 2.29. The van der Waals surface area contributed by atoms with Crippen molar-refractivity contribution >= 4 is 29.1 Å². The highest BCUT2D eigenvalue weighted by molar-refractivity contribution is 6.34. The average molecular weight is 454 g/mol. The van der Waals surface area contributed by atoms with Crippen molar-refractivity contribution in [3.8, 4) is 5.75 Å². The minimum atomic E-state index is -0.565. The van der Waals surface area contributed by atoms with Crippen LogP contribution in [0.5, 0.6) is 5.75 Å². The summed E-state index contributed by atoms with van der Waals surface area (Å²) in [5.74, 6) is -0.0344. The van der Waals surface area contributed by atoms with Gasteiger partial charge in [-0.05, 0) is 55.7 Å². The number of esters is 1. The van der Waals surface area contributed by atoms with Gasteiger partial charge in [-0.15, -0.1) is 0 Å². The lowest BCUT2D eigenvalue weighted by Crippen LogP contribution is -2.27. The molecule has 5 nitrogen and oxygen atoms in total. The summed E-state index contributed by atoms with van der Waals surface area (Å²) < 4.78 is 10.9. The molecule has 0 aromatic heterocycles. The Morgan fingerprint density at radius 2 is 1.47 bits per heavy atom. The highest BCUT2D eigenvalue weighted by atomic mass is 16.6. The normalized spacial score (nSPS) is 14.8. The molecule has 1 N–H and O–H groups in total. The number of amides is 1. The van der Waals surface area contributed by atoms with Crippen LogP contribution in [0.4, 0.5) is 0 Å². The molecular formula is C29H27NO4. The third-order valence-corrected chi connectivity index (χ3v) is 5.07. The van der Waals surface area contributed by atoms with E-state index in [0.29, 0.717) is 17.0 Å².